The zero-order valence-electron chi connectivity index (χ0n) is 6.44. The number of hydrogen-bond acceptors (Lipinski definition) is 5. The van der Waals surface area contributed by atoms with Crippen molar-refractivity contribution < 1.29 is 0 Å². The van der Waals surface area contributed by atoms with Crippen LogP contribution in [0, 0.1) is 0 Å². The first-order valence-corrected chi connectivity index (χ1v) is 5.04. The molecular formula is C7H5BrN4S. The third kappa shape index (κ3) is 1.68. The normalized spacial score (nSPS) is 10.2. The van der Waals surface area contributed by atoms with E-state index in [1.165, 1.54) is 11.5 Å². The summed E-state index contributed by atoms with van der Waals surface area (Å²) in [6.07, 6.45) is 1.71. The lowest BCUT2D eigenvalue weighted by atomic mass is 10.4. The minimum Gasteiger partial charge on any atom is -0.367 e. The first kappa shape index (κ1) is 8.58. The van der Waals surface area contributed by atoms with E-state index in [0.717, 1.165) is 15.2 Å². The zero-order valence-corrected chi connectivity index (χ0v) is 8.84. The number of nitrogens with zero attached hydrogens (tertiary/aromatic N) is 3. The third-order valence-electron chi connectivity index (χ3n) is 1.40. The summed E-state index contributed by atoms with van der Waals surface area (Å²) >= 11 is 4.62. The Bertz CT molecular complexity index is 428. The Balaban J connectivity index is 2.52. The van der Waals surface area contributed by atoms with Gasteiger partial charge in [0.15, 0.2) is 5.01 Å². The number of pyridine rings is 1. The van der Waals surface area contributed by atoms with Crippen LogP contribution in [0.2, 0.25) is 0 Å². The van der Waals surface area contributed by atoms with Crippen LogP contribution in [0.25, 0.3) is 10.7 Å². The van der Waals surface area contributed by atoms with Crippen LogP contribution in [0.4, 0.5) is 5.95 Å². The number of nitrogen functional groups attached to an aromatic ring is 1. The summed E-state index contributed by atoms with van der Waals surface area (Å²) in [4.78, 5) is 8.20. The lowest BCUT2D eigenvalue weighted by Crippen LogP contribution is -1.87. The quantitative estimate of drug-likeness (QED) is 0.847. The third-order valence-corrected chi connectivity index (χ3v) is 2.78. The van der Waals surface area contributed by atoms with Gasteiger partial charge in [0.1, 0.15) is 5.69 Å². The number of aromatic nitrogens is 3. The molecule has 2 rings (SSSR count). The molecule has 13 heavy (non-hydrogen) atoms. The Morgan fingerprint density at radius 3 is 2.92 bits per heavy atom. The molecule has 2 N–H and O–H groups in total. The van der Waals surface area contributed by atoms with E-state index >= 15 is 0 Å². The molecule has 0 aliphatic rings. The van der Waals surface area contributed by atoms with E-state index in [2.05, 4.69) is 30.3 Å². The summed E-state index contributed by atoms with van der Waals surface area (Å²) in [6, 6.07) is 3.75. The minimum absolute atomic E-state index is 0.289. The van der Waals surface area contributed by atoms with E-state index in [4.69, 9.17) is 5.73 Å². The highest BCUT2D eigenvalue weighted by atomic mass is 79.9. The van der Waals surface area contributed by atoms with Gasteiger partial charge in [-0.1, -0.05) is 0 Å². The maximum Gasteiger partial charge on any atom is 0.232 e. The Morgan fingerprint density at radius 1 is 1.46 bits per heavy atom. The molecule has 0 aliphatic carbocycles. The average molecular weight is 257 g/mol. The molecule has 2 aromatic rings. The number of anilines is 1. The Hall–Kier alpha value is -1.01. The van der Waals surface area contributed by atoms with Crippen LogP contribution in [0.1, 0.15) is 0 Å². The number of hydrogen-bond donors (Lipinski definition) is 1. The minimum atomic E-state index is 0.289. The van der Waals surface area contributed by atoms with Crippen molar-refractivity contribution in [2.24, 2.45) is 0 Å². The second-order valence-electron chi connectivity index (χ2n) is 2.29. The summed E-state index contributed by atoms with van der Waals surface area (Å²) in [7, 11) is 0. The molecule has 0 atom stereocenters. The molecule has 0 bridgehead atoms. The van der Waals surface area contributed by atoms with Crippen LogP contribution in [-0.4, -0.2) is 14.3 Å². The van der Waals surface area contributed by atoms with Crippen molar-refractivity contribution in [3.8, 4) is 10.7 Å². The smallest absolute Gasteiger partial charge is 0.232 e. The van der Waals surface area contributed by atoms with Gasteiger partial charge in [-0.3, -0.25) is 4.98 Å². The van der Waals surface area contributed by atoms with Crippen LogP contribution >= 0.6 is 27.5 Å². The largest absolute Gasteiger partial charge is 0.367 e. The van der Waals surface area contributed by atoms with E-state index < -0.39 is 0 Å². The molecule has 0 saturated heterocycles. The maximum atomic E-state index is 5.41. The molecule has 0 unspecified atom stereocenters. The van der Waals surface area contributed by atoms with E-state index in [1.807, 2.05) is 12.1 Å². The van der Waals surface area contributed by atoms with Gasteiger partial charge in [0.25, 0.3) is 0 Å². The predicted molar refractivity (Wildman–Crippen MR) is 55.3 cm³/mol. The lowest BCUT2D eigenvalue weighted by molar-refractivity contribution is 1.27. The van der Waals surface area contributed by atoms with Gasteiger partial charge in [-0.25, -0.2) is 0 Å². The van der Waals surface area contributed by atoms with Gasteiger partial charge in [-0.2, -0.15) is 9.36 Å². The Kier molecular flexibility index (Phi) is 2.24. The van der Waals surface area contributed by atoms with E-state index in [0.29, 0.717) is 0 Å². The molecule has 0 amide bonds. The molecule has 66 valence electrons. The molecule has 6 heteroatoms. The maximum absolute atomic E-state index is 5.41. The van der Waals surface area contributed by atoms with Crippen molar-refractivity contribution in [3.63, 3.8) is 0 Å². The molecule has 0 aromatic carbocycles. The SMILES string of the molecule is Nc1nsc(-c2ncccc2Br)n1. The Morgan fingerprint density at radius 2 is 2.31 bits per heavy atom. The topological polar surface area (TPSA) is 64.7 Å². The van der Waals surface area contributed by atoms with Gasteiger partial charge in [0.05, 0.1) is 0 Å². The molecular weight excluding hydrogens is 252 g/mol. The summed E-state index contributed by atoms with van der Waals surface area (Å²) in [5, 5.41) is 0.727. The highest BCUT2D eigenvalue weighted by molar-refractivity contribution is 9.10. The summed E-state index contributed by atoms with van der Waals surface area (Å²) in [6.45, 7) is 0. The number of nitrogens with two attached hydrogens (primary N) is 1. The standard InChI is InChI=1S/C7H5BrN4S/c8-4-2-1-3-10-5(4)6-11-7(9)12-13-6/h1-3H,(H2,9,12). The molecule has 0 fully saturated rings. The highest BCUT2D eigenvalue weighted by Crippen LogP contribution is 2.26. The highest BCUT2D eigenvalue weighted by Gasteiger charge is 2.08. The summed E-state index contributed by atoms with van der Waals surface area (Å²) < 4.78 is 4.78. The fraction of sp³-hybridized carbons (Fsp3) is 0. The molecule has 0 radical (unpaired) electrons. The van der Waals surface area contributed by atoms with Gasteiger partial charge in [-0.15, -0.1) is 0 Å². The van der Waals surface area contributed by atoms with Crippen LogP contribution < -0.4 is 5.73 Å². The number of halogens is 1. The summed E-state index contributed by atoms with van der Waals surface area (Å²) in [5.41, 5.74) is 6.19. The Labute approximate surface area is 87.1 Å². The van der Waals surface area contributed by atoms with Gasteiger partial charge in [0.2, 0.25) is 5.95 Å². The van der Waals surface area contributed by atoms with Crippen molar-refractivity contribution in [1.29, 1.82) is 0 Å². The van der Waals surface area contributed by atoms with Gasteiger partial charge < -0.3 is 5.73 Å². The van der Waals surface area contributed by atoms with Crippen molar-refractivity contribution >= 4 is 33.4 Å². The predicted octanol–water partition coefficient (Wildman–Crippen LogP) is 1.94. The van der Waals surface area contributed by atoms with Crippen LogP contribution in [0.3, 0.4) is 0 Å². The lowest BCUT2D eigenvalue weighted by Gasteiger charge is -1.95. The van der Waals surface area contributed by atoms with Crippen molar-refractivity contribution in [2.75, 3.05) is 5.73 Å². The zero-order chi connectivity index (χ0) is 9.26. The molecule has 2 heterocycles. The first-order valence-electron chi connectivity index (χ1n) is 3.47. The van der Waals surface area contributed by atoms with E-state index in [9.17, 15) is 0 Å². The number of rotatable bonds is 1. The van der Waals surface area contributed by atoms with Crippen molar-refractivity contribution in [1.82, 2.24) is 14.3 Å². The monoisotopic (exact) mass is 256 g/mol. The molecule has 0 saturated carbocycles. The molecule has 0 aliphatic heterocycles. The summed E-state index contributed by atoms with van der Waals surface area (Å²) in [5.74, 6) is 0.289. The molecule has 4 nitrogen and oxygen atoms in total. The average Bonchev–Trinajstić information content (AvgIpc) is 2.53. The van der Waals surface area contributed by atoms with Gasteiger partial charge >= 0.3 is 0 Å². The van der Waals surface area contributed by atoms with Crippen LogP contribution in [0.5, 0.6) is 0 Å². The second kappa shape index (κ2) is 3.39. The molecule has 0 spiro atoms. The fourth-order valence-corrected chi connectivity index (χ4v) is 2.05. The van der Waals surface area contributed by atoms with Crippen molar-refractivity contribution in [3.05, 3.63) is 22.8 Å². The first-order chi connectivity index (χ1) is 6.27. The van der Waals surface area contributed by atoms with Crippen molar-refractivity contribution in [2.45, 2.75) is 0 Å². The van der Waals surface area contributed by atoms with Crippen LogP contribution in [-0.2, 0) is 0 Å². The van der Waals surface area contributed by atoms with Gasteiger partial charge in [-0.05, 0) is 39.6 Å². The van der Waals surface area contributed by atoms with Gasteiger partial charge in [0, 0.05) is 10.7 Å². The fourth-order valence-electron chi connectivity index (χ4n) is 0.874. The molecule has 2 aromatic heterocycles. The van der Waals surface area contributed by atoms with Crippen LogP contribution in [0.15, 0.2) is 22.8 Å². The van der Waals surface area contributed by atoms with E-state index in [-0.39, 0.29) is 5.95 Å². The second-order valence-corrected chi connectivity index (χ2v) is 3.90. The van der Waals surface area contributed by atoms with E-state index in [1.54, 1.807) is 6.20 Å².